The number of carbonyl (C=O) groups is 1. The Hall–Kier alpha value is -2.58. The number of carboxylic acid groups (broad SMARTS) is 1. The van der Waals surface area contributed by atoms with E-state index in [0.29, 0.717) is 43.3 Å². The molecule has 0 saturated carbocycles. The van der Waals surface area contributed by atoms with Crippen LogP contribution in [0.2, 0.25) is 0 Å². The third-order valence-corrected chi connectivity index (χ3v) is 6.02. The van der Waals surface area contributed by atoms with Gasteiger partial charge in [0.1, 0.15) is 17.1 Å². The van der Waals surface area contributed by atoms with Crippen molar-refractivity contribution in [3.8, 4) is 11.5 Å². The summed E-state index contributed by atoms with van der Waals surface area (Å²) in [4.78, 5) is 11.3. The minimum absolute atomic E-state index is 0.110. The number of aromatic carboxylic acids is 1. The molecule has 2 aromatic carbocycles. The first kappa shape index (κ1) is 22.7. The van der Waals surface area contributed by atoms with Crippen molar-refractivity contribution in [2.75, 3.05) is 25.6 Å². The summed E-state index contributed by atoms with van der Waals surface area (Å²) in [6, 6.07) is 12.5. The molecule has 0 aliphatic heterocycles. The molecule has 29 heavy (non-hydrogen) atoms. The Balaban J connectivity index is 1.53. The molecule has 2 N–H and O–H groups in total. The highest BCUT2D eigenvalue weighted by molar-refractivity contribution is 7.91. The number of unbranched alkanes of at least 4 members (excludes halogenated alkanes) is 2. The van der Waals surface area contributed by atoms with Gasteiger partial charge in [-0.05, 0) is 56.0 Å². The molecule has 8 heteroatoms. The molecule has 0 heterocycles. The third kappa shape index (κ3) is 7.75. The van der Waals surface area contributed by atoms with Gasteiger partial charge >= 0.3 is 5.97 Å². The number of hydrogen-bond donors (Lipinski definition) is 2. The Kier molecular flexibility index (Phi) is 8.95. The van der Waals surface area contributed by atoms with Crippen molar-refractivity contribution in [3.63, 3.8) is 0 Å². The fourth-order valence-electron chi connectivity index (χ4n) is 2.62. The minimum atomic E-state index is -3.23. The number of phenols is 1. The smallest absolute Gasteiger partial charge is 0.339 e. The van der Waals surface area contributed by atoms with Gasteiger partial charge in [-0.3, -0.25) is 0 Å². The summed E-state index contributed by atoms with van der Waals surface area (Å²) in [6.07, 6.45) is 2.72. The highest BCUT2D eigenvalue weighted by Crippen LogP contribution is 2.23. The average Bonchev–Trinajstić information content (AvgIpc) is 2.71. The Labute approximate surface area is 170 Å². The molecule has 0 bridgehead atoms. The second-order valence-electron chi connectivity index (χ2n) is 6.49. The van der Waals surface area contributed by atoms with Gasteiger partial charge in [-0.2, -0.15) is 0 Å². The van der Waals surface area contributed by atoms with Gasteiger partial charge in [0.15, 0.2) is 9.84 Å². The van der Waals surface area contributed by atoms with Crippen LogP contribution in [0.3, 0.4) is 0 Å². The topological polar surface area (TPSA) is 110 Å². The number of ether oxygens (including phenoxy) is 2. The highest BCUT2D eigenvalue weighted by Gasteiger charge is 2.13. The molecule has 158 valence electrons. The lowest BCUT2D eigenvalue weighted by Gasteiger charge is -2.08. The quantitative estimate of drug-likeness (QED) is 0.475. The second-order valence-corrected chi connectivity index (χ2v) is 8.60. The zero-order valence-corrected chi connectivity index (χ0v) is 16.9. The van der Waals surface area contributed by atoms with Gasteiger partial charge < -0.3 is 19.7 Å². The van der Waals surface area contributed by atoms with E-state index in [0.717, 1.165) is 12.8 Å². The number of rotatable bonds is 13. The predicted molar refractivity (Wildman–Crippen MR) is 108 cm³/mol. The zero-order chi connectivity index (χ0) is 21.1. The van der Waals surface area contributed by atoms with Gasteiger partial charge in [0.05, 0.1) is 17.3 Å². The maximum atomic E-state index is 12.1. The van der Waals surface area contributed by atoms with E-state index < -0.39 is 15.8 Å². The van der Waals surface area contributed by atoms with Crippen molar-refractivity contribution in [2.45, 2.75) is 30.6 Å². The summed E-state index contributed by atoms with van der Waals surface area (Å²) >= 11 is 0. The van der Waals surface area contributed by atoms with Crippen LogP contribution in [0.4, 0.5) is 0 Å². The summed E-state index contributed by atoms with van der Waals surface area (Å²) in [5.41, 5.74) is -0.194. The zero-order valence-electron chi connectivity index (χ0n) is 16.1. The fraction of sp³-hybridized carbons (Fsp3) is 0.381. The average molecular weight is 422 g/mol. The van der Waals surface area contributed by atoms with Crippen LogP contribution < -0.4 is 4.74 Å². The molecular formula is C21H26O7S. The summed E-state index contributed by atoms with van der Waals surface area (Å²) in [7, 11) is -3.23. The number of aromatic hydroxyl groups is 1. The van der Waals surface area contributed by atoms with Crippen LogP contribution in [0.15, 0.2) is 53.4 Å². The summed E-state index contributed by atoms with van der Waals surface area (Å²) < 4.78 is 35.3. The molecular weight excluding hydrogens is 396 g/mol. The van der Waals surface area contributed by atoms with E-state index in [1.165, 1.54) is 18.2 Å². The molecule has 0 spiro atoms. The van der Waals surface area contributed by atoms with Crippen LogP contribution in [-0.4, -0.2) is 50.2 Å². The first-order chi connectivity index (χ1) is 13.9. The first-order valence-electron chi connectivity index (χ1n) is 9.45. The number of sulfone groups is 1. The Morgan fingerprint density at radius 1 is 0.897 bits per heavy atom. The maximum Gasteiger partial charge on any atom is 0.339 e. The van der Waals surface area contributed by atoms with Gasteiger partial charge in [0.2, 0.25) is 0 Å². The minimum Gasteiger partial charge on any atom is -0.507 e. The van der Waals surface area contributed by atoms with E-state index >= 15 is 0 Å². The van der Waals surface area contributed by atoms with E-state index in [1.54, 1.807) is 30.3 Å². The van der Waals surface area contributed by atoms with Gasteiger partial charge in [-0.1, -0.05) is 18.2 Å². The molecule has 0 saturated heterocycles. The van der Waals surface area contributed by atoms with Crippen molar-refractivity contribution >= 4 is 15.8 Å². The molecule has 0 fully saturated rings. The van der Waals surface area contributed by atoms with Crippen LogP contribution >= 0.6 is 0 Å². The van der Waals surface area contributed by atoms with Gasteiger partial charge in [-0.15, -0.1) is 0 Å². The third-order valence-electron chi connectivity index (χ3n) is 4.20. The lowest BCUT2D eigenvalue weighted by molar-refractivity contribution is 0.0693. The van der Waals surface area contributed by atoms with Crippen molar-refractivity contribution in [1.29, 1.82) is 0 Å². The van der Waals surface area contributed by atoms with Crippen LogP contribution in [-0.2, 0) is 14.6 Å². The Bertz CT molecular complexity index is 879. The Morgan fingerprint density at radius 2 is 1.55 bits per heavy atom. The molecule has 2 aromatic rings. The van der Waals surface area contributed by atoms with Crippen LogP contribution in [0.5, 0.6) is 11.5 Å². The largest absolute Gasteiger partial charge is 0.507 e. The number of carboxylic acids is 1. The van der Waals surface area contributed by atoms with E-state index in [4.69, 9.17) is 14.6 Å². The van der Waals surface area contributed by atoms with Crippen molar-refractivity contribution < 1.29 is 32.9 Å². The monoisotopic (exact) mass is 422 g/mol. The van der Waals surface area contributed by atoms with Crippen molar-refractivity contribution in [3.05, 3.63) is 54.1 Å². The second kappa shape index (κ2) is 11.4. The predicted octanol–water partition coefficient (Wildman–Crippen LogP) is 3.52. The molecule has 2 rings (SSSR count). The standard InChI is InChI=1S/C21H26O7S/c22-20-11-10-17(16-19(20)21(23)24)28-14-5-4-12-27-13-6-7-15-29(25,26)18-8-2-1-3-9-18/h1-3,8-11,16,22H,4-7,12-15H2,(H,23,24). The first-order valence-corrected chi connectivity index (χ1v) is 11.1. The SMILES string of the molecule is O=C(O)c1cc(OCCCCOCCCCS(=O)(=O)c2ccccc2)ccc1O. The van der Waals surface area contributed by atoms with Crippen LogP contribution in [0.1, 0.15) is 36.0 Å². The van der Waals surface area contributed by atoms with E-state index in [9.17, 15) is 18.3 Å². The van der Waals surface area contributed by atoms with E-state index in [-0.39, 0.29) is 17.1 Å². The van der Waals surface area contributed by atoms with Gasteiger partial charge in [-0.25, -0.2) is 13.2 Å². The maximum absolute atomic E-state index is 12.1. The number of hydrogen-bond acceptors (Lipinski definition) is 6. The van der Waals surface area contributed by atoms with Crippen LogP contribution in [0.25, 0.3) is 0 Å². The molecule has 0 aliphatic rings. The molecule has 0 aromatic heterocycles. The van der Waals surface area contributed by atoms with E-state index in [1.807, 2.05) is 0 Å². The molecule has 0 aliphatic carbocycles. The normalized spacial score (nSPS) is 11.3. The van der Waals surface area contributed by atoms with Crippen molar-refractivity contribution in [2.24, 2.45) is 0 Å². The lowest BCUT2D eigenvalue weighted by atomic mass is 10.2. The lowest BCUT2D eigenvalue weighted by Crippen LogP contribution is -2.08. The van der Waals surface area contributed by atoms with E-state index in [2.05, 4.69) is 0 Å². The highest BCUT2D eigenvalue weighted by atomic mass is 32.2. The fourth-order valence-corrected chi connectivity index (χ4v) is 4.01. The molecule has 0 atom stereocenters. The van der Waals surface area contributed by atoms with Gasteiger partial charge in [0, 0.05) is 13.2 Å². The van der Waals surface area contributed by atoms with Crippen molar-refractivity contribution in [1.82, 2.24) is 0 Å². The number of benzene rings is 2. The molecule has 7 nitrogen and oxygen atoms in total. The molecule has 0 unspecified atom stereocenters. The summed E-state index contributed by atoms with van der Waals surface area (Å²) in [5.74, 6) is -1.01. The van der Waals surface area contributed by atoms with Gasteiger partial charge in [0.25, 0.3) is 0 Å². The summed E-state index contributed by atoms with van der Waals surface area (Å²) in [5, 5.41) is 18.4. The Morgan fingerprint density at radius 3 is 2.24 bits per heavy atom. The molecule has 0 radical (unpaired) electrons. The summed E-state index contributed by atoms with van der Waals surface area (Å²) in [6.45, 7) is 1.46. The van der Waals surface area contributed by atoms with Crippen LogP contribution in [0, 0.1) is 0 Å². The molecule has 0 amide bonds.